The second kappa shape index (κ2) is 7.11. The van der Waals surface area contributed by atoms with Gasteiger partial charge in [0.15, 0.2) is 5.69 Å². The zero-order valence-corrected chi connectivity index (χ0v) is 15.6. The van der Waals surface area contributed by atoms with Crippen molar-refractivity contribution in [1.82, 2.24) is 24.6 Å². The summed E-state index contributed by atoms with van der Waals surface area (Å²) < 4.78 is 1.60. The Labute approximate surface area is 161 Å². The van der Waals surface area contributed by atoms with E-state index in [-0.39, 0.29) is 12.2 Å². The number of hydrogen-bond acceptors (Lipinski definition) is 4. The molecule has 0 saturated heterocycles. The summed E-state index contributed by atoms with van der Waals surface area (Å²) >= 11 is 0. The third-order valence-electron chi connectivity index (χ3n) is 4.48. The molecule has 0 aliphatic carbocycles. The molecule has 7 heteroatoms. The molecule has 0 spiro atoms. The van der Waals surface area contributed by atoms with Crippen LogP contribution in [0.5, 0.6) is 0 Å². The number of nitrogens with zero attached hydrogens (tertiary/aromatic N) is 4. The number of para-hydroxylation sites is 3. The molecule has 0 atom stereocenters. The summed E-state index contributed by atoms with van der Waals surface area (Å²) in [4.78, 5) is 34.4. The predicted octanol–water partition coefficient (Wildman–Crippen LogP) is 2.69. The molecule has 4 rings (SSSR count). The highest BCUT2D eigenvalue weighted by atomic mass is 16.2. The number of fused-ring (bicyclic) bond motifs is 1. The minimum Gasteiger partial charge on any atom is -0.340 e. The van der Waals surface area contributed by atoms with Crippen molar-refractivity contribution in [1.29, 1.82) is 0 Å². The molecular weight excluding hydrogens is 354 g/mol. The molecule has 0 unspecified atom stereocenters. The van der Waals surface area contributed by atoms with E-state index in [1.807, 2.05) is 54.6 Å². The van der Waals surface area contributed by atoms with E-state index >= 15 is 0 Å². The highest BCUT2D eigenvalue weighted by Crippen LogP contribution is 2.12. The number of carbonyl (C=O) groups excluding carboxylic acids is 1. The molecular formula is C21H19N5O2. The molecule has 0 aliphatic heterocycles. The number of nitrogens with one attached hydrogen (secondary N) is 1. The Hall–Kier alpha value is -3.74. The zero-order chi connectivity index (χ0) is 19.7. The number of carbonyl (C=O) groups is 1. The molecule has 140 valence electrons. The average Bonchev–Trinajstić information content (AvgIpc) is 3.10. The maximum Gasteiger partial charge on any atom is 0.278 e. The number of rotatable bonds is 4. The lowest BCUT2D eigenvalue weighted by Crippen LogP contribution is -2.33. The van der Waals surface area contributed by atoms with Gasteiger partial charge in [0, 0.05) is 18.8 Å². The van der Waals surface area contributed by atoms with Gasteiger partial charge < -0.3 is 9.88 Å². The summed E-state index contributed by atoms with van der Waals surface area (Å²) in [6, 6.07) is 18.5. The van der Waals surface area contributed by atoms with E-state index < -0.39 is 11.3 Å². The smallest absolute Gasteiger partial charge is 0.278 e. The monoisotopic (exact) mass is 373 g/mol. The van der Waals surface area contributed by atoms with Gasteiger partial charge in [-0.15, -0.1) is 0 Å². The number of H-pyrrole nitrogens is 1. The van der Waals surface area contributed by atoms with Crippen molar-refractivity contribution < 1.29 is 4.79 Å². The van der Waals surface area contributed by atoms with Crippen molar-refractivity contribution in [3.05, 3.63) is 88.1 Å². The number of amides is 1. The van der Waals surface area contributed by atoms with Gasteiger partial charge in [0.05, 0.1) is 23.3 Å². The summed E-state index contributed by atoms with van der Waals surface area (Å²) in [7, 11) is 1.63. The molecule has 0 radical (unpaired) electrons. The van der Waals surface area contributed by atoms with Crippen LogP contribution < -0.4 is 5.43 Å². The van der Waals surface area contributed by atoms with Gasteiger partial charge in [-0.2, -0.15) is 5.10 Å². The van der Waals surface area contributed by atoms with Crippen LogP contribution >= 0.6 is 0 Å². The van der Waals surface area contributed by atoms with Gasteiger partial charge >= 0.3 is 0 Å². The fraction of sp³-hybridized carbons (Fsp3) is 0.143. The van der Waals surface area contributed by atoms with Crippen molar-refractivity contribution in [3.63, 3.8) is 0 Å². The van der Waals surface area contributed by atoms with E-state index in [1.165, 1.54) is 11.0 Å². The molecule has 0 saturated carbocycles. The van der Waals surface area contributed by atoms with E-state index in [2.05, 4.69) is 15.1 Å². The molecule has 1 N–H and O–H groups in total. The number of aryl methyl sites for hydroxylation is 1. The molecule has 2 aromatic heterocycles. The summed E-state index contributed by atoms with van der Waals surface area (Å²) in [5, 5.41) is 4.33. The van der Waals surface area contributed by atoms with Gasteiger partial charge in [-0.25, -0.2) is 9.67 Å². The molecule has 0 aliphatic rings. The SMILES string of the molecule is Cc1cc(=O)c(C(=O)N(C)Cc2nc3ccccc3[nH]2)nn1-c1ccccc1. The summed E-state index contributed by atoms with van der Waals surface area (Å²) in [5.74, 6) is 0.197. The highest BCUT2D eigenvalue weighted by Gasteiger charge is 2.20. The molecule has 2 aromatic carbocycles. The van der Waals surface area contributed by atoms with Crippen LogP contribution in [0.3, 0.4) is 0 Å². The van der Waals surface area contributed by atoms with Gasteiger partial charge in [0.2, 0.25) is 5.43 Å². The Morgan fingerprint density at radius 1 is 1.11 bits per heavy atom. The van der Waals surface area contributed by atoms with Gasteiger partial charge in [0.25, 0.3) is 5.91 Å². The topological polar surface area (TPSA) is 83.9 Å². The van der Waals surface area contributed by atoms with Crippen molar-refractivity contribution in [2.75, 3.05) is 7.05 Å². The van der Waals surface area contributed by atoms with Crippen LogP contribution in [0.15, 0.2) is 65.5 Å². The Bertz CT molecular complexity index is 1180. The van der Waals surface area contributed by atoms with Gasteiger partial charge in [0.1, 0.15) is 5.82 Å². The molecule has 1 amide bonds. The van der Waals surface area contributed by atoms with E-state index in [1.54, 1.807) is 18.7 Å². The third-order valence-corrected chi connectivity index (χ3v) is 4.48. The van der Waals surface area contributed by atoms with Crippen molar-refractivity contribution >= 4 is 16.9 Å². The van der Waals surface area contributed by atoms with Crippen molar-refractivity contribution in [3.8, 4) is 5.69 Å². The summed E-state index contributed by atoms with van der Waals surface area (Å²) in [6.45, 7) is 2.03. The lowest BCUT2D eigenvalue weighted by atomic mass is 10.2. The Morgan fingerprint density at radius 3 is 2.57 bits per heavy atom. The van der Waals surface area contributed by atoms with Gasteiger partial charge in [-0.05, 0) is 31.2 Å². The second-order valence-corrected chi connectivity index (χ2v) is 6.61. The highest BCUT2D eigenvalue weighted by molar-refractivity contribution is 5.91. The number of hydrogen-bond donors (Lipinski definition) is 1. The van der Waals surface area contributed by atoms with Gasteiger partial charge in [-0.1, -0.05) is 30.3 Å². The van der Waals surface area contributed by atoms with Crippen LogP contribution in [0.4, 0.5) is 0 Å². The van der Waals surface area contributed by atoms with Crippen molar-refractivity contribution in [2.45, 2.75) is 13.5 Å². The van der Waals surface area contributed by atoms with Gasteiger partial charge in [-0.3, -0.25) is 9.59 Å². The quantitative estimate of drug-likeness (QED) is 0.596. The maximum absolute atomic E-state index is 12.9. The first-order chi connectivity index (χ1) is 13.5. The van der Waals surface area contributed by atoms with Crippen LogP contribution in [-0.2, 0) is 6.54 Å². The van der Waals surface area contributed by atoms with E-state index in [0.717, 1.165) is 16.7 Å². The molecule has 2 heterocycles. The van der Waals surface area contributed by atoms with Crippen LogP contribution in [-0.4, -0.2) is 37.6 Å². The standard InChI is InChI=1S/C21H19N5O2/c1-14-12-18(27)20(24-26(14)15-8-4-3-5-9-15)21(28)25(2)13-19-22-16-10-6-7-11-17(16)23-19/h3-12H,13H2,1-2H3,(H,22,23). The van der Waals surface area contributed by atoms with E-state index in [0.29, 0.717) is 11.5 Å². The Morgan fingerprint density at radius 2 is 1.82 bits per heavy atom. The number of benzene rings is 2. The van der Waals surface area contributed by atoms with E-state index in [4.69, 9.17) is 0 Å². The first-order valence-corrected chi connectivity index (χ1v) is 8.88. The first kappa shape index (κ1) is 17.7. The van der Waals surface area contributed by atoms with Crippen LogP contribution in [0, 0.1) is 6.92 Å². The van der Waals surface area contributed by atoms with Crippen LogP contribution in [0.1, 0.15) is 22.0 Å². The third kappa shape index (κ3) is 3.29. The molecule has 28 heavy (non-hydrogen) atoms. The summed E-state index contributed by atoms with van der Waals surface area (Å²) in [6.07, 6.45) is 0. The Balaban J connectivity index is 1.64. The maximum atomic E-state index is 12.9. The minimum absolute atomic E-state index is 0.118. The zero-order valence-electron chi connectivity index (χ0n) is 15.6. The fourth-order valence-corrected chi connectivity index (χ4v) is 3.08. The lowest BCUT2D eigenvalue weighted by molar-refractivity contribution is 0.0772. The molecule has 0 bridgehead atoms. The molecule has 7 nitrogen and oxygen atoms in total. The number of imidazole rings is 1. The largest absolute Gasteiger partial charge is 0.340 e. The molecule has 0 fully saturated rings. The number of aromatic amines is 1. The average molecular weight is 373 g/mol. The Kier molecular flexibility index (Phi) is 4.49. The van der Waals surface area contributed by atoms with E-state index in [9.17, 15) is 9.59 Å². The first-order valence-electron chi connectivity index (χ1n) is 8.88. The molecule has 4 aromatic rings. The van der Waals surface area contributed by atoms with Crippen LogP contribution in [0.2, 0.25) is 0 Å². The second-order valence-electron chi connectivity index (χ2n) is 6.61. The number of aromatic nitrogens is 4. The fourth-order valence-electron chi connectivity index (χ4n) is 3.08. The van der Waals surface area contributed by atoms with Crippen molar-refractivity contribution in [2.24, 2.45) is 0 Å². The minimum atomic E-state index is -0.449. The summed E-state index contributed by atoms with van der Waals surface area (Å²) in [5.41, 5.74) is 2.66. The normalized spacial score (nSPS) is 10.9. The lowest BCUT2D eigenvalue weighted by Gasteiger charge is -2.16. The van der Waals surface area contributed by atoms with Crippen LogP contribution in [0.25, 0.3) is 16.7 Å². The predicted molar refractivity (Wildman–Crippen MR) is 106 cm³/mol.